The van der Waals surface area contributed by atoms with Crippen molar-refractivity contribution in [3.05, 3.63) is 156 Å². The van der Waals surface area contributed by atoms with E-state index < -0.39 is 200 Å². The highest BCUT2D eigenvalue weighted by atomic mass is 14.3. The molecule has 0 bridgehead atoms. The van der Waals surface area contributed by atoms with Crippen molar-refractivity contribution in [2.75, 3.05) is 0 Å². The Morgan fingerprint density at radius 1 is 0.333 bits per heavy atom. The first-order valence-corrected chi connectivity index (χ1v) is 11.7. The lowest BCUT2D eigenvalue weighted by molar-refractivity contribution is 1.26. The van der Waals surface area contributed by atoms with Crippen LogP contribution in [0.3, 0.4) is 0 Å². The molecule has 7 aromatic rings. The number of fused-ring (bicyclic) bond motifs is 5. The van der Waals surface area contributed by atoms with Crippen LogP contribution < -0.4 is 0 Å². The van der Waals surface area contributed by atoms with Crippen LogP contribution in [0.1, 0.15) is 44.0 Å². The van der Waals surface area contributed by atoms with E-state index in [9.17, 15) is 8.22 Å². The average Bonchev–Trinajstić information content (AvgIpc) is 3.66. The molecule has 0 unspecified atom stereocenters. The van der Waals surface area contributed by atoms with Crippen molar-refractivity contribution in [3.8, 4) is 44.5 Å². The largest absolute Gasteiger partial charge is 0.0629 e. The zero-order valence-electron chi connectivity index (χ0n) is 43.7. The number of rotatable bonds is 3. The summed E-state index contributed by atoms with van der Waals surface area (Å²) >= 11 is 0. The van der Waals surface area contributed by atoms with E-state index >= 15 is 0 Å². The molecule has 8 rings (SSSR count). The van der Waals surface area contributed by atoms with Crippen LogP contribution in [0.4, 0.5) is 0 Å². The Kier molecular flexibility index (Phi) is 1.99. The van der Waals surface area contributed by atoms with Crippen molar-refractivity contribution in [1.82, 2.24) is 0 Å². The predicted molar refractivity (Wildman–Crippen MR) is 166 cm³/mol. The molecule has 0 nitrogen and oxygen atoms in total. The van der Waals surface area contributed by atoms with E-state index in [0.717, 1.165) is 0 Å². The number of benzene rings is 7. The monoisotopic (exact) mass is 518 g/mol. The maximum atomic E-state index is 9.42. The minimum Gasteiger partial charge on any atom is -0.0622 e. The van der Waals surface area contributed by atoms with Crippen LogP contribution in [0, 0.1) is 0 Å². The zero-order valence-corrected chi connectivity index (χ0v) is 19.7. The topological polar surface area (TPSA) is 0 Å². The molecule has 0 N–H and O–H groups in total. The number of hydrogen-bond donors (Lipinski definition) is 0. The van der Waals surface area contributed by atoms with Crippen LogP contribution in [0.15, 0.2) is 145 Å². The quantitative estimate of drug-likeness (QED) is 0.204. The maximum Gasteiger partial charge on any atom is 0.0629 e. The Labute approximate surface area is 262 Å². The molecule has 0 saturated heterocycles. The molecule has 0 spiro atoms. The lowest BCUT2D eigenvalue weighted by atomic mass is 9.82. The van der Waals surface area contributed by atoms with Crippen LogP contribution >= 0.6 is 0 Å². The van der Waals surface area contributed by atoms with Gasteiger partial charge in [-0.3, -0.25) is 0 Å². The summed E-state index contributed by atoms with van der Waals surface area (Å²) in [6.07, 6.45) is -0.370. The van der Waals surface area contributed by atoms with Gasteiger partial charge in [-0.2, -0.15) is 0 Å². The maximum absolute atomic E-state index is 9.42. The molecular formula is C39H26. The standard InChI is InChI=1S/C39H26/c1-2-13-26(14-3-1)29-17-6-7-19-31(29)38-32-20-8-10-22-34(32)39(35-23-11-9-21-33(35)38)36-24-12-16-28-25-27-15-4-5-18-30(27)37(28)36/h1-24H,25H2/i1D,2D,3D,4D,5D,6D,7D,8D,9D,10D,11D,12D,13D,14D,15D,16D,17D,18D,19D,20D,21D,22D,23D,24D. The molecule has 182 valence electrons. The molecule has 1 aliphatic rings. The van der Waals surface area contributed by atoms with Gasteiger partial charge in [0.2, 0.25) is 0 Å². The molecule has 1 aliphatic carbocycles. The Morgan fingerprint density at radius 2 is 0.795 bits per heavy atom. The normalized spacial score (nSPS) is 20.6. The summed E-state index contributed by atoms with van der Waals surface area (Å²) in [7, 11) is 0. The second kappa shape index (κ2) is 8.82. The van der Waals surface area contributed by atoms with Crippen molar-refractivity contribution in [1.29, 1.82) is 0 Å². The lowest BCUT2D eigenvalue weighted by Crippen LogP contribution is -1.94. The second-order valence-corrected chi connectivity index (χ2v) is 8.63. The van der Waals surface area contributed by atoms with Crippen molar-refractivity contribution in [2.24, 2.45) is 0 Å². The van der Waals surface area contributed by atoms with Gasteiger partial charge in [-0.15, -0.1) is 0 Å². The summed E-state index contributed by atoms with van der Waals surface area (Å²) in [4.78, 5) is 0. The Bertz CT molecular complexity index is 3240. The third-order valence-electron chi connectivity index (χ3n) is 6.63. The molecule has 0 saturated carbocycles. The first-order valence-electron chi connectivity index (χ1n) is 23.7. The molecule has 0 fully saturated rings. The third kappa shape index (κ3) is 3.39. The van der Waals surface area contributed by atoms with E-state index in [2.05, 4.69) is 0 Å². The zero-order chi connectivity index (χ0) is 46.6. The summed E-state index contributed by atoms with van der Waals surface area (Å²) in [6, 6.07) is -20.8. The van der Waals surface area contributed by atoms with Gasteiger partial charge in [-0.25, -0.2) is 0 Å². The first-order chi connectivity index (χ1) is 29.3. The van der Waals surface area contributed by atoms with Crippen molar-refractivity contribution in [2.45, 2.75) is 6.42 Å². The summed E-state index contributed by atoms with van der Waals surface area (Å²) in [6.45, 7) is 0. The van der Waals surface area contributed by atoms with E-state index in [1.165, 1.54) is 0 Å². The minimum absolute atomic E-state index is 0.0478. The van der Waals surface area contributed by atoms with E-state index in [1.807, 2.05) is 0 Å². The molecule has 0 heteroatoms. The van der Waals surface area contributed by atoms with Gasteiger partial charge in [0.15, 0.2) is 0 Å². The minimum atomic E-state index is -1.01. The molecular weight excluding hydrogens is 468 g/mol. The summed E-state index contributed by atoms with van der Waals surface area (Å²) < 4.78 is 213. The highest BCUT2D eigenvalue weighted by molar-refractivity contribution is 6.23. The van der Waals surface area contributed by atoms with Gasteiger partial charge < -0.3 is 0 Å². The highest BCUT2D eigenvalue weighted by Crippen LogP contribution is 2.50. The second-order valence-electron chi connectivity index (χ2n) is 8.63. The van der Waals surface area contributed by atoms with E-state index in [1.54, 1.807) is 0 Å². The molecule has 0 heterocycles. The van der Waals surface area contributed by atoms with Crippen LogP contribution in [-0.4, -0.2) is 0 Å². The molecule has 0 amide bonds. The Morgan fingerprint density at radius 3 is 1.46 bits per heavy atom. The van der Waals surface area contributed by atoms with Crippen LogP contribution in [0.2, 0.25) is 0 Å². The molecule has 7 aromatic carbocycles. The average molecular weight is 519 g/mol. The molecule has 0 aromatic heterocycles. The predicted octanol–water partition coefficient (Wildman–Crippen LogP) is 10.6. The summed E-state index contributed by atoms with van der Waals surface area (Å²) in [5.41, 5.74) is -4.76. The van der Waals surface area contributed by atoms with Crippen LogP contribution in [0.25, 0.3) is 66.1 Å². The van der Waals surface area contributed by atoms with Gasteiger partial charge in [-0.1, -0.05) is 145 Å². The van der Waals surface area contributed by atoms with Crippen molar-refractivity contribution in [3.63, 3.8) is 0 Å². The van der Waals surface area contributed by atoms with Gasteiger partial charge in [0.25, 0.3) is 0 Å². The smallest absolute Gasteiger partial charge is 0.0622 e. The van der Waals surface area contributed by atoms with Crippen LogP contribution in [0.5, 0.6) is 0 Å². The van der Waals surface area contributed by atoms with E-state index in [0.29, 0.717) is 0 Å². The molecule has 39 heavy (non-hydrogen) atoms. The molecule has 0 atom stereocenters. The van der Waals surface area contributed by atoms with Crippen molar-refractivity contribution < 1.29 is 32.9 Å². The van der Waals surface area contributed by atoms with Crippen molar-refractivity contribution >= 4 is 21.5 Å². The lowest BCUT2D eigenvalue weighted by Gasteiger charge is -2.21. The van der Waals surface area contributed by atoms with E-state index in [4.69, 9.17) is 24.7 Å². The Balaban J connectivity index is 1.79. The molecule has 0 aliphatic heterocycles. The number of hydrogen-bond acceptors (Lipinski definition) is 0. The SMILES string of the molecule is [2H]c1c([2H])c([2H])c(-c2c([2H])c([2H])c([2H])c([2H])c2-c2c3c([2H])c([2H])c([2H])c([2H])c3c(-c3c([2H])c([2H])c([2H])c4c3-c3c([2H])c([2H])c([2H])c([2H])c3C4)c3c([2H])c([2H])c([2H])c([2H])c23)c([2H])c1[2H]. The Hall–Kier alpha value is -4.94. The van der Waals surface area contributed by atoms with Gasteiger partial charge in [0, 0.05) is 0 Å². The summed E-state index contributed by atoms with van der Waals surface area (Å²) in [5, 5.41) is -2.66. The summed E-state index contributed by atoms with van der Waals surface area (Å²) in [5.74, 6) is 0. The fraction of sp³-hybridized carbons (Fsp3) is 0.0256. The third-order valence-corrected chi connectivity index (χ3v) is 6.63. The molecule has 0 radical (unpaired) electrons. The van der Waals surface area contributed by atoms with Crippen LogP contribution in [-0.2, 0) is 6.42 Å². The van der Waals surface area contributed by atoms with Gasteiger partial charge in [-0.05, 0) is 83.6 Å². The van der Waals surface area contributed by atoms with Gasteiger partial charge in [0.05, 0.1) is 32.9 Å². The first kappa shape index (κ1) is 8.79. The van der Waals surface area contributed by atoms with E-state index in [-0.39, 0.29) is 28.7 Å². The van der Waals surface area contributed by atoms with Gasteiger partial charge >= 0.3 is 0 Å². The fourth-order valence-electron chi connectivity index (χ4n) is 5.09. The highest BCUT2D eigenvalue weighted by Gasteiger charge is 2.25. The van der Waals surface area contributed by atoms with Gasteiger partial charge in [0.1, 0.15) is 0 Å². The fourth-order valence-corrected chi connectivity index (χ4v) is 5.09.